The number of ether oxygens (including phenoxy) is 1. The summed E-state index contributed by atoms with van der Waals surface area (Å²) >= 11 is 0.563. The quantitative estimate of drug-likeness (QED) is 0.217. The molecule has 228 valence electrons. The molecule has 0 radical (unpaired) electrons. The van der Waals surface area contributed by atoms with Gasteiger partial charge in [0.05, 0.1) is 12.3 Å². The Balaban J connectivity index is 1.48. The van der Waals surface area contributed by atoms with E-state index in [0.29, 0.717) is 41.2 Å². The molecule has 2 aromatic carbocycles. The van der Waals surface area contributed by atoms with Crippen LogP contribution in [0.4, 0.5) is 24.1 Å². The van der Waals surface area contributed by atoms with Crippen LogP contribution in [-0.4, -0.2) is 53.1 Å². The molecular weight excluding hydrogens is 597 g/mol. The highest BCUT2D eigenvalue weighted by Gasteiger charge is 2.29. The molecule has 0 saturated carbocycles. The summed E-state index contributed by atoms with van der Waals surface area (Å²) in [6.07, 6.45) is 2.37. The predicted molar refractivity (Wildman–Crippen MR) is 158 cm³/mol. The van der Waals surface area contributed by atoms with Crippen molar-refractivity contribution >= 4 is 40.1 Å². The summed E-state index contributed by atoms with van der Waals surface area (Å²) in [5.41, 5.74) is 1.57. The molecule has 1 atom stereocenters. The van der Waals surface area contributed by atoms with Crippen LogP contribution in [0.3, 0.4) is 0 Å². The van der Waals surface area contributed by atoms with Crippen molar-refractivity contribution in [3.05, 3.63) is 77.6 Å². The molecule has 2 amide bonds. The Hall–Kier alpha value is -4.78. The molecule has 9 nitrogen and oxygen atoms in total. The molecule has 0 bridgehead atoms. The van der Waals surface area contributed by atoms with E-state index in [1.54, 1.807) is 47.4 Å². The van der Waals surface area contributed by atoms with Crippen molar-refractivity contribution in [2.24, 2.45) is 5.92 Å². The number of carbonyl (C=O) groups excluding carboxylic acids is 2. The summed E-state index contributed by atoms with van der Waals surface area (Å²) in [7, 11) is 1.38. The highest BCUT2D eigenvalue weighted by atomic mass is 32.1. The minimum atomic E-state index is -3.12. The number of nitrogens with zero attached hydrogens (tertiary/aromatic N) is 4. The number of halogens is 3. The maximum Gasteiger partial charge on any atom is 0.387 e. The lowest BCUT2D eigenvalue weighted by Gasteiger charge is -2.21. The number of aromatic nitrogens is 2. The van der Waals surface area contributed by atoms with Gasteiger partial charge in [-0.2, -0.15) is 13.2 Å². The highest BCUT2D eigenvalue weighted by Crippen LogP contribution is 2.40. The van der Waals surface area contributed by atoms with Crippen LogP contribution >= 0.6 is 11.3 Å². The van der Waals surface area contributed by atoms with Gasteiger partial charge in [-0.1, -0.05) is 41.7 Å². The number of carboxylic acids is 1. The summed E-state index contributed by atoms with van der Waals surface area (Å²) in [5, 5.41) is 8.61. The molecule has 13 heteroatoms. The number of hydrogen-bond acceptors (Lipinski definition) is 7. The summed E-state index contributed by atoms with van der Waals surface area (Å²) in [5.74, 6) is -2.47. The Morgan fingerprint density at radius 1 is 1.11 bits per heavy atom. The average Bonchev–Trinajstić information content (AvgIpc) is 3.61. The molecule has 0 unspecified atom stereocenters. The van der Waals surface area contributed by atoms with E-state index in [-0.39, 0.29) is 34.5 Å². The lowest BCUT2D eigenvalue weighted by molar-refractivity contribution is -0.140. The zero-order valence-electron chi connectivity index (χ0n) is 23.5. The zero-order valence-corrected chi connectivity index (χ0v) is 24.3. The molecule has 4 aromatic rings. The number of pyridine rings is 1. The van der Waals surface area contributed by atoms with Gasteiger partial charge in [0.1, 0.15) is 17.3 Å². The topological polar surface area (TPSA) is 113 Å². The van der Waals surface area contributed by atoms with Crippen molar-refractivity contribution < 1.29 is 37.4 Å². The second-order valence-electron chi connectivity index (χ2n) is 10.1. The normalized spacial score (nSPS) is 13.8. The van der Waals surface area contributed by atoms with Crippen molar-refractivity contribution in [1.82, 2.24) is 9.97 Å². The number of amides is 2. The zero-order chi connectivity index (χ0) is 31.4. The fourth-order valence-corrected chi connectivity index (χ4v) is 5.84. The highest BCUT2D eigenvalue weighted by molar-refractivity contribution is 7.14. The number of alkyl halides is 2. The largest absolute Gasteiger partial charge is 0.481 e. The van der Waals surface area contributed by atoms with Crippen LogP contribution in [0.1, 0.15) is 24.8 Å². The van der Waals surface area contributed by atoms with E-state index < -0.39 is 36.0 Å². The van der Waals surface area contributed by atoms with E-state index in [9.17, 15) is 28.3 Å². The van der Waals surface area contributed by atoms with Crippen molar-refractivity contribution in [2.75, 3.05) is 23.4 Å². The third-order valence-corrected chi connectivity index (χ3v) is 8.09. The first-order valence-electron chi connectivity index (χ1n) is 13.7. The second-order valence-corrected chi connectivity index (χ2v) is 11.1. The van der Waals surface area contributed by atoms with Gasteiger partial charge < -0.3 is 9.84 Å². The molecule has 0 spiro atoms. The molecule has 1 aliphatic rings. The second kappa shape index (κ2) is 13.2. The number of thiazole rings is 1. The van der Waals surface area contributed by atoms with Crippen LogP contribution in [0.2, 0.25) is 0 Å². The van der Waals surface area contributed by atoms with E-state index in [4.69, 9.17) is 0 Å². The van der Waals surface area contributed by atoms with E-state index in [1.807, 2.05) is 0 Å². The van der Waals surface area contributed by atoms with Crippen molar-refractivity contribution in [3.8, 4) is 28.1 Å². The van der Waals surface area contributed by atoms with Gasteiger partial charge in [-0.15, -0.1) is 0 Å². The Kier molecular flexibility index (Phi) is 9.23. The molecule has 1 N–H and O–H groups in total. The van der Waals surface area contributed by atoms with Gasteiger partial charge in [0.15, 0.2) is 5.13 Å². The Morgan fingerprint density at radius 3 is 2.52 bits per heavy atom. The molecule has 3 heterocycles. The number of anilines is 2. The van der Waals surface area contributed by atoms with Crippen LogP contribution in [0.5, 0.6) is 5.75 Å². The summed E-state index contributed by atoms with van der Waals surface area (Å²) < 4.78 is 46.2. The number of carbonyl (C=O) groups is 3. The van der Waals surface area contributed by atoms with Crippen LogP contribution in [0.25, 0.3) is 22.4 Å². The fourth-order valence-electron chi connectivity index (χ4n) is 5.07. The molecule has 1 fully saturated rings. The number of carboxylic acid groups (broad SMARTS) is 1. The smallest absolute Gasteiger partial charge is 0.387 e. The number of hydrogen-bond donors (Lipinski definition) is 1. The minimum Gasteiger partial charge on any atom is -0.481 e. The van der Waals surface area contributed by atoms with Gasteiger partial charge in [0, 0.05) is 37.3 Å². The molecule has 1 aliphatic heterocycles. The lowest BCUT2D eigenvalue weighted by Crippen LogP contribution is -2.35. The third-order valence-electron chi connectivity index (χ3n) is 7.17. The number of benzene rings is 2. The maximum atomic E-state index is 15.6. The van der Waals surface area contributed by atoms with Crippen molar-refractivity contribution in [3.63, 3.8) is 0 Å². The first kappa shape index (κ1) is 30.7. The maximum absolute atomic E-state index is 15.6. The standard InChI is InChI=1S/C31H27F3N4O5S/c1-37(29(42)20(15-26(40)41)14-18-6-3-2-4-7-18)31-36-27(28(32)44-31)23-16-21(43-30(33)34)10-11-22(23)19-9-12-24(35-17-19)38-13-5-8-25(38)39/h2-4,6-7,9-12,16-17,20,30H,5,8,13-15H2,1H3,(H,40,41)/t20-/m1/s1. The van der Waals surface area contributed by atoms with Gasteiger partial charge in [0.25, 0.3) is 0 Å². The van der Waals surface area contributed by atoms with Crippen molar-refractivity contribution in [2.45, 2.75) is 32.3 Å². The molecule has 2 aromatic heterocycles. The van der Waals surface area contributed by atoms with Crippen LogP contribution in [0, 0.1) is 11.0 Å². The summed E-state index contributed by atoms with van der Waals surface area (Å²) in [6.45, 7) is -2.57. The van der Waals surface area contributed by atoms with E-state index >= 15 is 4.39 Å². The number of aliphatic carboxylic acids is 1. The summed E-state index contributed by atoms with van der Waals surface area (Å²) in [6, 6.07) is 16.3. The van der Waals surface area contributed by atoms with Crippen LogP contribution in [-0.2, 0) is 20.8 Å². The van der Waals surface area contributed by atoms with E-state index in [0.717, 1.165) is 16.9 Å². The van der Waals surface area contributed by atoms with Gasteiger partial charge in [-0.25, -0.2) is 9.97 Å². The third kappa shape index (κ3) is 6.88. The molecular formula is C31H27F3N4O5S. The van der Waals surface area contributed by atoms with Crippen molar-refractivity contribution in [1.29, 1.82) is 0 Å². The SMILES string of the molecule is CN(C(=O)[C@@H](CC(=O)O)Cc1ccccc1)c1nc(-c2cc(OC(F)F)ccc2-c2ccc(N3CCCC3=O)nc2)c(F)s1. The first-order valence-corrected chi connectivity index (χ1v) is 14.5. The average molecular weight is 625 g/mol. The Bertz CT molecular complexity index is 1670. The number of rotatable bonds is 11. The first-order chi connectivity index (χ1) is 21.1. The van der Waals surface area contributed by atoms with Crippen LogP contribution < -0.4 is 14.5 Å². The van der Waals surface area contributed by atoms with Gasteiger partial charge >= 0.3 is 12.6 Å². The van der Waals surface area contributed by atoms with E-state index in [2.05, 4.69) is 14.7 Å². The van der Waals surface area contributed by atoms with Crippen LogP contribution in [0.15, 0.2) is 66.9 Å². The Morgan fingerprint density at radius 2 is 1.89 bits per heavy atom. The molecule has 0 aliphatic carbocycles. The fraction of sp³-hybridized carbons (Fsp3) is 0.258. The Labute approximate surface area is 254 Å². The molecule has 44 heavy (non-hydrogen) atoms. The van der Waals surface area contributed by atoms with Gasteiger partial charge in [-0.3, -0.25) is 24.2 Å². The molecule has 1 saturated heterocycles. The van der Waals surface area contributed by atoms with Gasteiger partial charge in [0.2, 0.25) is 16.9 Å². The minimum absolute atomic E-state index is 0.0375. The van der Waals surface area contributed by atoms with Gasteiger partial charge in [-0.05, 0) is 54.3 Å². The lowest BCUT2D eigenvalue weighted by atomic mass is 9.95. The van der Waals surface area contributed by atoms with E-state index in [1.165, 1.54) is 31.4 Å². The predicted octanol–water partition coefficient (Wildman–Crippen LogP) is 6.04. The molecule has 5 rings (SSSR count). The summed E-state index contributed by atoms with van der Waals surface area (Å²) in [4.78, 5) is 48.5. The monoisotopic (exact) mass is 624 g/mol.